The lowest BCUT2D eigenvalue weighted by atomic mass is 10.0. The van der Waals surface area contributed by atoms with E-state index < -0.39 is 0 Å². The topological polar surface area (TPSA) is 55.0 Å². The number of aryl methyl sites for hydroxylation is 2. The molecule has 1 heterocycles. The molecule has 0 aliphatic heterocycles. The zero-order valence-corrected chi connectivity index (χ0v) is 12.5. The minimum Gasteiger partial charge on any atom is -0.469 e. The molecule has 4 nitrogen and oxygen atoms in total. The van der Waals surface area contributed by atoms with Crippen molar-refractivity contribution in [3.05, 3.63) is 58.9 Å². The molecule has 108 valence electrons. The molecule has 0 radical (unpaired) electrons. The Morgan fingerprint density at radius 1 is 1.19 bits per heavy atom. The van der Waals surface area contributed by atoms with Crippen LogP contribution in [0.3, 0.4) is 0 Å². The Labute approximate surface area is 124 Å². The maximum atomic E-state index is 11.7. The van der Waals surface area contributed by atoms with E-state index in [-0.39, 0.29) is 18.4 Å². The molecule has 0 amide bonds. The number of hydrogen-bond acceptors (Lipinski definition) is 3. The van der Waals surface area contributed by atoms with E-state index >= 15 is 0 Å². The average Bonchev–Trinajstić information content (AvgIpc) is 2.84. The predicted octanol–water partition coefficient (Wildman–Crippen LogP) is 3.13. The van der Waals surface area contributed by atoms with Crippen LogP contribution in [0, 0.1) is 25.2 Å². The summed E-state index contributed by atoms with van der Waals surface area (Å²) < 4.78 is 6.94. The number of nitriles is 1. The first kappa shape index (κ1) is 14.9. The number of hydrogen-bond donors (Lipinski definition) is 0. The number of aromatic nitrogens is 1. The van der Waals surface area contributed by atoms with E-state index in [4.69, 9.17) is 10.00 Å². The highest BCUT2D eigenvalue weighted by atomic mass is 16.5. The number of ether oxygens (including phenoxy) is 1. The molecule has 0 fully saturated rings. The molecule has 1 aromatic carbocycles. The molecule has 1 atom stereocenters. The highest BCUT2D eigenvalue weighted by Crippen LogP contribution is 2.27. The summed E-state index contributed by atoms with van der Waals surface area (Å²) in [6.45, 7) is 4.03. The number of rotatable bonds is 4. The maximum absolute atomic E-state index is 11.7. The Kier molecular flexibility index (Phi) is 4.44. The van der Waals surface area contributed by atoms with Gasteiger partial charge in [0.15, 0.2) is 0 Å². The summed E-state index contributed by atoms with van der Waals surface area (Å²) in [7, 11) is 1.40. The van der Waals surface area contributed by atoms with Crippen molar-refractivity contribution in [1.82, 2.24) is 4.57 Å². The predicted molar refractivity (Wildman–Crippen MR) is 79.8 cm³/mol. The number of methoxy groups -OCH3 is 1. The Morgan fingerprint density at radius 2 is 1.76 bits per heavy atom. The van der Waals surface area contributed by atoms with Crippen LogP contribution in [0.2, 0.25) is 0 Å². The molecular weight excluding hydrogens is 264 g/mol. The van der Waals surface area contributed by atoms with Gasteiger partial charge in [0, 0.05) is 11.4 Å². The van der Waals surface area contributed by atoms with Crippen LogP contribution in [0.5, 0.6) is 0 Å². The molecule has 2 rings (SSSR count). The van der Waals surface area contributed by atoms with Gasteiger partial charge in [0.05, 0.1) is 31.2 Å². The fraction of sp³-hybridized carbons (Fsp3) is 0.294. The van der Waals surface area contributed by atoms with Crippen LogP contribution in [0.25, 0.3) is 0 Å². The van der Waals surface area contributed by atoms with Crippen LogP contribution >= 0.6 is 0 Å². The molecule has 0 aliphatic carbocycles. The van der Waals surface area contributed by atoms with E-state index in [1.165, 1.54) is 7.11 Å². The van der Waals surface area contributed by atoms with E-state index in [1.807, 2.05) is 38.1 Å². The number of benzene rings is 1. The second-order valence-electron chi connectivity index (χ2n) is 5.02. The second-order valence-corrected chi connectivity index (χ2v) is 5.02. The highest BCUT2D eigenvalue weighted by molar-refractivity contribution is 5.70. The Morgan fingerprint density at radius 3 is 2.24 bits per heavy atom. The lowest BCUT2D eigenvalue weighted by Gasteiger charge is -2.22. The van der Waals surface area contributed by atoms with E-state index in [0.717, 1.165) is 17.0 Å². The first-order valence-electron chi connectivity index (χ1n) is 6.78. The van der Waals surface area contributed by atoms with Gasteiger partial charge in [-0.05, 0) is 43.7 Å². The molecule has 0 saturated carbocycles. The summed E-state index contributed by atoms with van der Waals surface area (Å²) >= 11 is 0. The van der Waals surface area contributed by atoms with Gasteiger partial charge in [0.25, 0.3) is 0 Å². The van der Waals surface area contributed by atoms with E-state index in [9.17, 15) is 4.79 Å². The van der Waals surface area contributed by atoms with E-state index in [1.54, 1.807) is 12.1 Å². The van der Waals surface area contributed by atoms with Crippen molar-refractivity contribution < 1.29 is 9.53 Å². The van der Waals surface area contributed by atoms with Gasteiger partial charge in [0.2, 0.25) is 0 Å². The number of carbonyl (C=O) groups is 1. The summed E-state index contributed by atoms with van der Waals surface area (Å²) in [6, 6.07) is 13.4. The molecule has 0 unspecified atom stereocenters. The normalized spacial score (nSPS) is 11.7. The van der Waals surface area contributed by atoms with Crippen LogP contribution in [-0.4, -0.2) is 17.6 Å². The lowest BCUT2D eigenvalue weighted by Crippen LogP contribution is -2.18. The van der Waals surface area contributed by atoms with Gasteiger partial charge in [0.1, 0.15) is 0 Å². The van der Waals surface area contributed by atoms with Gasteiger partial charge in [-0.1, -0.05) is 12.1 Å². The van der Waals surface area contributed by atoms with Crippen LogP contribution in [-0.2, 0) is 9.53 Å². The van der Waals surface area contributed by atoms with Gasteiger partial charge >= 0.3 is 5.97 Å². The average molecular weight is 282 g/mol. The summed E-state index contributed by atoms with van der Waals surface area (Å²) in [5, 5.41) is 8.89. The van der Waals surface area contributed by atoms with Crippen molar-refractivity contribution in [2.75, 3.05) is 7.11 Å². The summed E-state index contributed by atoms with van der Waals surface area (Å²) in [4.78, 5) is 11.7. The van der Waals surface area contributed by atoms with Crippen molar-refractivity contribution >= 4 is 5.97 Å². The molecule has 1 aromatic heterocycles. The Bertz CT molecular complexity index is 658. The Balaban J connectivity index is 2.45. The minimum atomic E-state index is -0.253. The van der Waals surface area contributed by atoms with Crippen LogP contribution in [0.4, 0.5) is 0 Å². The molecule has 0 saturated heterocycles. The largest absolute Gasteiger partial charge is 0.469 e. The first-order valence-corrected chi connectivity index (χ1v) is 6.78. The van der Waals surface area contributed by atoms with E-state index in [0.29, 0.717) is 5.56 Å². The quantitative estimate of drug-likeness (QED) is 0.809. The highest BCUT2D eigenvalue weighted by Gasteiger charge is 2.20. The lowest BCUT2D eigenvalue weighted by molar-refractivity contribution is -0.141. The molecule has 0 N–H and O–H groups in total. The molecule has 0 aliphatic rings. The van der Waals surface area contributed by atoms with Crippen molar-refractivity contribution in [1.29, 1.82) is 5.26 Å². The van der Waals surface area contributed by atoms with Crippen molar-refractivity contribution in [3.63, 3.8) is 0 Å². The van der Waals surface area contributed by atoms with Crippen LogP contribution in [0.15, 0.2) is 36.4 Å². The zero-order valence-electron chi connectivity index (χ0n) is 12.5. The fourth-order valence-electron chi connectivity index (χ4n) is 2.55. The molecule has 0 spiro atoms. The second kappa shape index (κ2) is 6.27. The van der Waals surface area contributed by atoms with E-state index in [2.05, 4.69) is 10.6 Å². The van der Waals surface area contributed by atoms with Crippen LogP contribution in [0.1, 0.15) is 35.0 Å². The zero-order chi connectivity index (χ0) is 15.4. The summed E-state index contributed by atoms with van der Waals surface area (Å²) in [5.74, 6) is -0.253. The van der Waals surface area contributed by atoms with Crippen LogP contribution < -0.4 is 0 Å². The van der Waals surface area contributed by atoms with Gasteiger partial charge in [-0.25, -0.2) is 0 Å². The third kappa shape index (κ3) is 3.14. The number of nitrogens with zero attached hydrogens (tertiary/aromatic N) is 2. The molecule has 4 heteroatoms. The maximum Gasteiger partial charge on any atom is 0.307 e. The minimum absolute atomic E-state index is 0.125. The van der Waals surface area contributed by atoms with Crippen molar-refractivity contribution in [2.45, 2.75) is 26.3 Å². The van der Waals surface area contributed by atoms with Gasteiger partial charge < -0.3 is 9.30 Å². The molecule has 0 bridgehead atoms. The molecular formula is C17H18N2O2. The fourth-order valence-corrected chi connectivity index (χ4v) is 2.55. The number of esters is 1. The third-order valence-corrected chi connectivity index (χ3v) is 3.65. The third-order valence-electron chi connectivity index (χ3n) is 3.65. The van der Waals surface area contributed by atoms with Gasteiger partial charge in [-0.15, -0.1) is 0 Å². The summed E-state index contributed by atoms with van der Waals surface area (Å²) in [6.07, 6.45) is 0.263. The van der Waals surface area contributed by atoms with Crippen molar-refractivity contribution in [2.24, 2.45) is 0 Å². The standard InChI is InChI=1S/C17H18N2O2/c1-12-4-5-13(2)19(12)16(10-17(20)21-3)15-8-6-14(11-18)7-9-15/h4-9,16H,10H2,1-3H3/t16-/m1/s1. The molecule has 21 heavy (non-hydrogen) atoms. The van der Waals surface area contributed by atoms with Gasteiger partial charge in [-0.2, -0.15) is 5.26 Å². The smallest absolute Gasteiger partial charge is 0.307 e. The first-order chi connectivity index (χ1) is 10.1. The molecule has 2 aromatic rings. The Hall–Kier alpha value is -2.54. The SMILES string of the molecule is COC(=O)C[C@H](c1ccc(C#N)cc1)n1c(C)ccc1C. The van der Waals surface area contributed by atoms with Gasteiger partial charge in [-0.3, -0.25) is 4.79 Å². The number of carbonyl (C=O) groups excluding carboxylic acids is 1. The monoisotopic (exact) mass is 282 g/mol. The summed E-state index contributed by atoms with van der Waals surface area (Å²) in [5.41, 5.74) is 3.77. The van der Waals surface area contributed by atoms with Crippen molar-refractivity contribution in [3.8, 4) is 6.07 Å².